The lowest BCUT2D eigenvalue weighted by molar-refractivity contribution is 1.41. The molecule has 0 nitrogen and oxygen atoms in total. The summed E-state index contributed by atoms with van der Waals surface area (Å²) in [5.74, 6) is 0. The van der Waals surface area contributed by atoms with Crippen LogP contribution in [0.1, 0.15) is 0 Å². The van der Waals surface area contributed by atoms with Crippen molar-refractivity contribution in [1.82, 2.24) is 0 Å². The summed E-state index contributed by atoms with van der Waals surface area (Å²) >= 11 is 5.91. The Labute approximate surface area is 155 Å². The van der Waals surface area contributed by atoms with Crippen LogP contribution >= 0.6 is 23.5 Å². The molecule has 2 atom stereocenters. The van der Waals surface area contributed by atoms with Crippen LogP contribution in [0.5, 0.6) is 0 Å². The van der Waals surface area contributed by atoms with Crippen LogP contribution in [-0.4, -0.2) is 15.4 Å². The molecule has 4 rings (SSSR count). The van der Waals surface area contributed by atoms with Crippen molar-refractivity contribution in [2.24, 2.45) is 0 Å². The highest BCUT2D eigenvalue weighted by atomic mass is 32.2. The smallest absolute Gasteiger partial charge is 0.111 e. The molecule has 3 heteroatoms. The predicted octanol–water partition coefficient (Wildman–Crippen LogP) is 5.64. The van der Waals surface area contributed by atoms with Gasteiger partial charge in [-0.25, -0.2) is 0 Å². The van der Waals surface area contributed by atoms with Crippen LogP contribution in [0, 0.1) is 0 Å². The second-order valence-corrected chi connectivity index (χ2v) is 9.10. The lowest BCUT2D eigenvalue weighted by atomic mass is 10.4. The SMILES string of the molecule is c1ccc(SC2C(=[S+]c3ccccc3)C2Sc2ccccc2)cc1. The summed E-state index contributed by atoms with van der Waals surface area (Å²) < 4.78 is 0. The summed E-state index contributed by atoms with van der Waals surface area (Å²) in [6, 6.07) is 32.2. The van der Waals surface area contributed by atoms with Gasteiger partial charge in [0.25, 0.3) is 0 Å². The fourth-order valence-electron chi connectivity index (χ4n) is 2.47. The Kier molecular flexibility index (Phi) is 5.02. The normalized spacial score (nSPS) is 19.1. The molecule has 0 amide bonds. The summed E-state index contributed by atoms with van der Waals surface area (Å²) in [6.45, 7) is 0. The maximum Gasteiger partial charge on any atom is 0.230 e. The van der Waals surface area contributed by atoms with Crippen molar-refractivity contribution in [1.29, 1.82) is 0 Å². The Morgan fingerprint density at radius 2 is 0.958 bits per heavy atom. The van der Waals surface area contributed by atoms with Crippen molar-refractivity contribution in [2.75, 3.05) is 0 Å². The molecule has 0 radical (unpaired) electrons. The van der Waals surface area contributed by atoms with Crippen molar-refractivity contribution >= 4 is 39.7 Å². The highest BCUT2D eigenvalue weighted by molar-refractivity contribution is 8.08. The summed E-state index contributed by atoms with van der Waals surface area (Å²) in [6.07, 6.45) is 0. The van der Waals surface area contributed by atoms with E-state index in [2.05, 4.69) is 91.0 Å². The van der Waals surface area contributed by atoms with E-state index < -0.39 is 0 Å². The minimum atomic E-state index is 0.572. The van der Waals surface area contributed by atoms with E-state index in [0.717, 1.165) is 0 Å². The summed E-state index contributed by atoms with van der Waals surface area (Å²) in [5, 5.41) is 1.14. The fraction of sp³-hybridized carbons (Fsp3) is 0.0952. The molecule has 2 unspecified atom stereocenters. The summed E-state index contributed by atoms with van der Waals surface area (Å²) in [7, 11) is 0. The average Bonchev–Trinajstić information content (AvgIpc) is 3.27. The molecule has 24 heavy (non-hydrogen) atoms. The van der Waals surface area contributed by atoms with Crippen LogP contribution in [0.3, 0.4) is 0 Å². The maximum atomic E-state index is 2.21. The van der Waals surface area contributed by atoms with Crippen LogP contribution in [0.2, 0.25) is 0 Å². The highest BCUT2D eigenvalue weighted by Gasteiger charge is 2.55. The Balaban J connectivity index is 1.56. The van der Waals surface area contributed by atoms with Crippen molar-refractivity contribution in [3.05, 3.63) is 91.0 Å². The number of hydrogen-bond donors (Lipinski definition) is 0. The zero-order valence-corrected chi connectivity index (χ0v) is 15.5. The first-order valence-electron chi connectivity index (χ1n) is 7.93. The molecule has 1 fully saturated rings. The van der Waals surface area contributed by atoms with Gasteiger partial charge in [-0.2, -0.15) is 0 Å². The van der Waals surface area contributed by atoms with E-state index in [0.29, 0.717) is 10.5 Å². The van der Waals surface area contributed by atoms with E-state index in [1.807, 2.05) is 34.9 Å². The molecule has 3 aromatic rings. The van der Waals surface area contributed by atoms with E-state index >= 15 is 0 Å². The molecule has 118 valence electrons. The monoisotopic (exact) mass is 365 g/mol. The van der Waals surface area contributed by atoms with Gasteiger partial charge in [0.05, 0.1) is 0 Å². The zero-order valence-electron chi connectivity index (χ0n) is 13.0. The predicted molar refractivity (Wildman–Crippen MR) is 109 cm³/mol. The third kappa shape index (κ3) is 3.92. The van der Waals surface area contributed by atoms with Crippen LogP contribution in [0.15, 0.2) is 106 Å². The van der Waals surface area contributed by atoms with E-state index in [1.54, 1.807) is 4.86 Å². The van der Waals surface area contributed by atoms with Crippen molar-refractivity contribution < 1.29 is 0 Å². The van der Waals surface area contributed by atoms with E-state index in [1.165, 1.54) is 14.7 Å². The van der Waals surface area contributed by atoms with Gasteiger partial charge in [-0.1, -0.05) is 54.6 Å². The Morgan fingerprint density at radius 1 is 0.542 bits per heavy atom. The molecule has 3 aromatic carbocycles. The van der Waals surface area contributed by atoms with Gasteiger partial charge in [0.1, 0.15) is 10.5 Å². The second-order valence-electron chi connectivity index (χ2n) is 5.52. The van der Waals surface area contributed by atoms with E-state index in [9.17, 15) is 0 Å². The zero-order chi connectivity index (χ0) is 16.2. The van der Waals surface area contributed by atoms with Gasteiger partial charge in [-0.15, -0.1) is 23.5 Å². The van der Waals surface area contributed by atoms with Gasteiger partial charge in [0.15, 0.2) is 0 Å². The number of benzene rings is 3. The van der Waals surface area contributed by atoms with Gasteiger partial charge in [-0.3, -0.25) is 0 Å². The fourth-order valence-corrected chi connectivity index (χ4v) is 6.76. The van der Waals surface area contributed by atoms with Crippen LogP contribution in [-0.2, 0) is 11.4 Å². The van der Waals surface area contributed by atoms with Crippen molar-refractivity contribution in [3.63, 3.8) is 0 Å². The molecule has 0 saturated heterocycles. The molecular formula is C21H17S3+. The first-order valence-corrected chi connectivity index (χ1v) is 10.5. The minimum absolute atomic E-state index is 0.572. The van der Waals surface area contributed by atoms with Gasteiger partial charge < -0.3 is 0 Å². The molecule has 1 aliphatic carbocycles. The molecule has 0 bridgehead atoms. The average molecular weight is 366 g/mol. The van der Waals surface area contributed by atoms with Crippen LogP contribution in [0.25, 0.3) is 0 Å². The Bertz CT molecular complexity index is 764. The Morgan fingerprint density at radius 3 is 1.42 bits per heavy atom. The summed E-state index contributed by atoms with van der Waals surface area (Å²) in [5.41, 5.74) is 0. The maximum absolute atomic E-state index is 2.21. The van der Waals surface area contributed by atoms with Crippen molar-refractivity contribution in [3.8, 4) is 0 Å². The molecule has 0 aromatic heterocycles. The van der Waals surface area contributed by atoms with Crippen molar-refractivity contribution in [2.45, 2.75) is 25.2 Å². The number of thioether (sulfide) groups is 2. The third-order valence-electron chi connectivity index (χ3n) is 3.72. The van der Waals surface area contributed by atoms with Gasteiger partial charge in [0.2, 0.25) is 21.1 Å². The molecular weight excluding hydrogens is 348 g/mol. The largest absolute Gasteiger partial charge is 0.230 e. The standard InChI is InChI=1S/C21H17S3/c1-4-10-16(11-5-1)22-19-20(23-17-12-6-2-7-13-17)21(19)24-18-14-8-3-9-15-18/h1-15,19-20H/q+1. The molecule has 1 aliphatic rings. The third-order valence-corrected chi connectivity index (χ3v) is 8.09. The molecule has 0 heterocycles. The number of rotatable bonds is 5. The molecule has 0 aliphatic heterocycles. The van der Waals surface area contributed by atoms with E-state index in [4.69, 9.17) is 0 Å². The molecule has 1 saturated carbocycles. The first-order chi connectivity index (χ1) is 11.9. The highest BCUT2D eigenvalue weighted by Crippen LogP contribution is 2.47. The lowest BCUT2D eigenvalue weighted by Gasteiger charge is -1.99. The second kappa shape index (κ2) is 7.56. The van der Waals surface area contributed by atoms with E-state index in [-0.39, 0.29) is 0 Å². The van der Waals surface area contributed by atoms with Gasteiger partial charge in [-0.05, 0) is 24.3 Å². The van der Waals surface area contributed by atoms with Crippen LogP contribution < -0.4 is 0 Å². The molecule has 0 N–H and O–H groups in total. The minimum Gasteiger partial charge on any atom is -0.111 e. The Hall–Kier alpha value is -1.55. The quantitative estimate of drug-likeness (QED) is 0.424. The number of hydrogen-bond acceptors (Lipinski definition) is 2. The van der Waals surface area contributed by atoms with Gasteiger partial charge in [0, 0.05) is 21.9 Å². The van der Waals surface area contributed by atoms with Gasteiger partial charge >= 0.3 is 0 Å². The first kappa shape index (κ1) is 15.9. The topological polar surface area (TPSA) is 0 Å². The summed E-state index contributed by atoms with van der Waals surface area (Å²) in [4.78, 5) is 5.61. The lowest BCUT2D eigenvalue weighted by Crippen LogP contribution is -1.83. The van der Waals surface area contributed by atoms with Crippen LogP contribution in [0.4, 0.5) is 0 Å². The molecule has 0 spiro atoms.